The van der Waals surface area contributed by atoms with Crippen molar-refractivity contribution in [2.24, 2.45) is 0 Å². The monoisotopic (exact) mass is 414 g/mol. The van der Waals surface area contributed by atoms with Crippen molar-refractivity contribution in [3.8, 4) is 11.5 Å². The van der Waals surface area contributed by atoms with E-state index >= 15 is 0 Å². The molecule has 1 aromatic carbocycles. The largest absolute Gasteiger partial charge is 0.483 e. The second-order valence-corrected chi connectivity index (χ2v) is 9.18. The number of nitrogens with one attached hydrogen (secondary N) is 1. The van der Waals surface area contributed by atoms with E-state index in [0.717, 1.165) is 43.1 Å². The first kappa shape index (κ1) is 20.7. The summed E-state index contributed by atoms with van der Waals surface area (Å²) in [5.41, 5.74) is 1.14. The molecule has 2 atom stereocenters. The first-order chi connectivity index (χ1) is 13.5. The number of hydrogen-bond acceptors (Lipinski definition) is 8. The Morgan fingerprint density at radius 1 is 1.21 bits per heavy atom. The predicted octanol–water partition coefficient (Wildman–Crippen LogP) is 0.487. The normalized spacial score (nSPS) is 25.8. The van der Waals surface area contributed by atoms with Crippen molar-refractivity contribution < 1.29 is 32.5 Å². The maximum Gasteiger partial charge on any atom is 0.290 e. The predicted molar refractivity (Wildman–Crippen MR) is 103 cm³/mol. The zero-order chi connectivity index (χ0) is 20.1. The van der Waals surface area contributed by atoms with Crippen LogP contribution in [-0.4, -0.2) is 76.7 Å². The zero-order valence-corrected chi connectivity index (χ0v) is 16.6. The third-order valence-corrected chi connectivity index (χ3v) is 6.97. The molecule has 3 aliphatic heterocycles. The fourth-order valence-corrected chi connectivity index (χ4v) is 5.76. The van der Waals surface area contributed by atoms with Crippen LogP contribution in [0.2, 0.25) is 0 Å². The van der Waals surface area contributed by atoms with Gasteiger partial charge in [-0.25, -0.2) is 8.42 Å². The third kappa shape index (κ3) is 4.86. The van der Waals surface area contributed by atoms with Crippen molar-refractivity contribution in [3.63, 3.8) is 0 Å². The second kappa shape index (κ2) is 8.97. The third-order valence-electron chi connectivity index (χ3n) is 5.27. The summed E-state index contributed by atoms with van der Waals surface area (Å²) in [6.45, 7) is 1.89. The molecule has 0 bridgehead atoms. The van der Waals surface area contributed by atoms with Gasteiger partial charge in [-0.2, -0.15) is 0 Å². The fourth-order valence-electron chi connectivity index (χ4n) is 3.89. The molecule has 4 rings (SSSR count). The smallest absolute Gasteiger partial charge is 0.290 e. The van der Waals surface area contributed by atoms with Gasteiger partial charge in [0.2, 0.25) is 6.79 Å². The van der Waals surface area contributed by atoms with Crippen LogP contribution in [0.1, 0.15) is 12.8 Å². The highest BCUT2D eigenvalue weighted by Gasteiger charge is 2.39. The van der Waals surface area contributed by atoms with Crippen LogP contribution in [0.25, 0.3) is 0 Å². The van der Waals surface area contributed by atoms with Crippen LogP contribution in [0.5, 0.6) is 11.5 Å². The molecule has 0 unspecified atom stereocenters. The highest BCUT2D eigenvalue weighted by Crippen LogP contribution is 2.36. The van der Waals surface area contributed by atoms with Gasteiger partial charge in [0, 0.05) is 44.0 Å². The summed E-state index contributed by atoms with van der Waals surface area (Å²) in [6, 6.07) is 6.26. The number of carbonyl (C=O) groups is 1. The van der Waals surface area contributed by atoms with Gasteiger partial charge in [0.15, 0.2) is 21.3 Å². The first-order valence-electron chi connectivity index (χ1n) is 9.17. The van der Waals surface area contributed by atoms with Gasteiger partial charge in [-0.3, -0.25) is 4.79 Å². The van der Waals surface area contributed by atoms with Crippen molar-refractivity contribution in [1.29, 1.82) is 0 Å². The summed E-state index contributed by atoms with van der Waals surface area (Å²) in [6.07, 6.45) is 1.71. The van der Waals surface area contributed by atoms with Crippen LogP contribution < -0.4 is 19.7 Å². The van der Waals surface area contributed by atoms with Gasteiger partial charge in [0.1, 0.15) is 0 Å². The van der Waals surface area contributed by atoms with E-state index in [-0.39, 0.29) is 36.9 Å². The van der Waals surface area contributed by atoms with Gasteiger partial charge < -0.3 is 29.5 Å². The van der Waals surface area contributed by atoms with E-state index in [4.69, 9.17) is 24.1 Å². The molecule has 0 amide bonds. The first-order valence-corrected chi connectivity index (χ1v) is 11.0. The molecule has 9 nitrogen and oxygen atoms in total. The summed E-state index contributed by atoms with van der Waals surface area (Å²) in [5.74, 6) is 1.90. The van der Waals surface area contributed by atoms with Crippen LogP contribution >= 0.6 is 0 Å². The number of anilines is 1. The molecule has 10 heteroatoms. The molecule has 28 heavy (non-hydrogen) atoms. The number of carboxylic acid groups (broad SMARTS) is 1. The van der Waals surface area contributed by atoms with E-state index in [1.165, 1.54) is 0 Å². The Morgan fingerprint density at radius 2 is 1.89 bits per heavy atom. The number of methoxy groups -OCH3 is 1. The van der Waals surface area contributed by atoms with Crippen molar-refractivity contribution in [3.05, 3.63) is 18.2 Å². The molecule has 0 saturated carbocycles. The molecular formula is C18H26N2O7S. The average molecular weight is 414 g/mol. The second-order valence-electron chi connectivity index (χ2n) is 7.03. The minimum atomic E-state index is -2.99. The topological polar surface area (TPSA) is 114 Å². The van der Waals surface area contributed by atoms with E-state index in [9.17, 15) is 8.42 Å². The number of ether oxygens (including phenoxy) is 3. The van der Waals surface area contributed by atoms with Crippen LogP contribution in [0.4, 0.5) is 5.69 Å². The number of nitrogens with zero attached hydrogens (tertiary/aromatic N) is 1. The average Bonchev–Trinajstić information content (AvgIpc) is 3.25. The molecule has 1 aromatic rings. The van der Waals surface area contributed by atoms with Crippen molar-refractivity contribution in [2.75, 3.05) is 43.4 Å². The van der Waals surface area contributed by atoms with Crippen molar-refractivity contribution >= 4 is 22.0 Å². The number of fused-ring (bicyclic) bond motifs is 1. The standard InChI is InChI=1S/C17H24N2O5S.CH2O2/c1-22-17-10-25(20,21)9-14(17)18-12-4-6-19(7-5-12)13-2-3-15-16(8-13)24-11-23-15;2-1-3/h2-3,8,12,14,17-18H,4-7,9-11H2,1H3;1H,(H,2,3)/t14-,17-;/m1./s1. The molecule has 3 heterocycles. The minimum absolute atomic E-state index is 0.0999. The number of hydrogen-bond donors (Lipinski definition) is 2. The van der Waals surface area contributed by atoms with Crippen molar-refractivity contribution in [1.82, 2.24) is 5.32 Å². The highest BCUT2D eigenvalue weighted by atomic mass is 32.2. The number of piperidine rings is 1. The van der Waals surface area contributed by atoms with E-state index in [1.807, 2.05) is 12.1 Å². The molecule has 156 valence electrons. The van der Waals surface area contributed by atoms with Crippen molar-refractivity contribution in [2.45, 2.75) is 31.0 Å². The van der Waals surface area contributed by atoms with Gasteiger partial charge in [0.25, 0.3) is 6.47 Å². The van der Waals surface area contributed by atoms with Crippen LogP contribution in [0.15, 0.2) is 18.2 Å². The molecular weight excluding hydrogens is 388 g/mol. The number of sulfone groups is 1. The quantitative estimate of drug-likeness (QED) is 0.679. The molecule has 2 saturated heterocycles. The Balaban J connectivity index is 0.000000706. The number of benzene rings is 1. The van der Waals surface area contributed by atoms with Gasteiger partial charge in [0.05, 0.1) is 17.6 Å². The van der Waals surface area contributed by atoms with Gasteiger partial charge in [-0.15, -0.1) is 0 Å². The molecule has 0 radical (unpaired) electrons. The zero-order valence-electron chi connectivity index (χ0n) is 15.7. The lowest BCUT2D eigenvalue weighted by Crippen LogP contribution is -2.50. The summed E-state index contributed by atoms with van der Waals surface area (Å²) in [5, 5.41) is 10.4. The molecule has 0 aliphatic carbocycles. The lowest BCUT2D eigenvalue weighted by atomic mass is 10.0. The summed E-state index contributed by atoms with van der Waals surface area (Å²) in [7, 11) is -1.41. The fraction of sp³-hybridized carbons (Fsp3) is 0.611. The molecule has 3 aliphatic rings. The van der Waals surface area contributed by atoms with Crippen LogP contribution in [-0.2, 0) is 19.4 Å². The highest BCUT2D eigenvalue weighted by molar-refractivity contribution is 7.91. The van der Waals surface area contributed by atoms with Crippen LogP contribution in [0.3, 0.4) is 0 Å². The van der Waals surface area contributed by atoms with E-state index in [1.54, 1.807) is 7.11 Å². The number of rotatable bonds is 4. The van der Waals surface area contributed by atoms with E-state index in [2.05, 4.69) is 16.3 Å². The minimum Gasteiger partial charge on any atom is -0.483 e. The summed E-state index contributed by atoms with van der Waals surface area (Å²) >= 11 is 0. The SMILES string of the molecule is CO[C@@H]1CS(=O)(=O)C[C@H]1NC1CCN(c2ccc3c(c2)OCO3)CC1.O=CO. The molecule has 0 aromatic heterocycles. The maximum atomic E-state index is 11.8. The molecule has 2 fully saturated rings. The Hall–Kier alpha value is -2.04. The van der Waals surface area contributed by atoms with Gasteiger partial charge in [-0.05, 0) is 25.0 Å². The van der Waals surface area contributed by atoms with E-state index in [0.29, 0.717) is 6.04 Å². The Bertz CT molecular complexity index is 778. The van der Waals surface area contributed by atoms with Crippen LogP contribution in [0, 0.1) is 0 Å². The van der Waals surface area contributed by atoms with Gasteiger partial charge in [-0.1, -0.05) is 0 Å². The lowest BCUT2D eigenvalue weighted by molar-refractivity contribution is -0.122. The molecule has 2 N–H and O–H groups in total. The Labute approximate surface area is 164 Å². The Morgan fingerprint density at radius 3 is 2.57 bits per heavy atom. The van der Waals surface area contributed by atoms with E-state index < -0.39 is 9.84 Å². The maximum absolute atomic E-state index is 11.8. The summed E-state index contributed by atoms with van der Waals surface area (Å²) < 4.78 is 39.8. The summed E-state index contributed by atoms with van der Waals surface area (Å²) in [4.78, 5) is 10.7. The molecule has 0 spiro atoms. The Kier molecular flexibility index (Phi) is 6.63. The lowest BCUT2D eigenvalue weighted by Gasteiger charge is -2.35. The van der Waals surface area contributed by atoms with Gasteiger partial charge >= 0.3 is 0 Å².